The van der Waals surface area contributed by atoms with Crippen molar-refractivity contribution in [2.24, 2.45) is 0 Å². The number of hydrogen-bond donors (Lipinski definition) is 1. The van der Waals surface area contributed by atoms with Crippen molar-refractivity contribution in [3.63, 3.8) is 0 Å². The summed E-state index contributed by atoms with van der Waals surface area (Å²) in [6.07, 6.45) is 0. The zero-order valence-electron chi connectivity index (χ0n) is 21.0. The summed E-state index contributed by atoms with van der Waals surface area (Å²) in [6.45, 7) is 5.31. The maximum absolute atomic E-state index is 13.4. The molecule has 2 aromatic carbocycles. The summed E-state index contributed by atoms with van der Waals surface area (Å²) in [7, 11) is 3.04. The quantitative estimate of drug-likeness (QED) is 0.208. The number of Topliss-reactive ketones (excluding diaryl/α,β-unsaturated/α-hetero) is 1. The number of thiazole rings is 1. The topological polar surface area (TPSA) is 115 Å². The predicted molar refractivity (Wildman–Crippen MR) is 138 cm³/mol. The smallest absolute Gasteiger partial charge is 0.350 e. The van der Waals surface area contributed by atoms with E-state index < -0.39 is 23.7 Å². The first-order valence-electron chi connectivity index (χ1n) is 11.5. The molecule has 0 saturated carbocycles. The highest BCUT2D eigenvalue weighted by Crippen LogP contribution is 2.44. The fraction of sp³-hybridized carbons (Fsp3) is 0.259. The van der Waals surface area contributed by atoms with Crippen molar-refractivity contribution in [1.29, 1.82) is 0 Å². The predicted octanol–water partition coefficient (Wildman–Crippen LogP) is 4.58. The van der Waals surface area contributed by atoms with E-state index in [9.17, 15) is 19.5 Å². The summed E-state index contributed by atoms with van der Waals surface area (Å²) in [5.41, 5.74) is 1.89. The van der Waals surface area contributed by atoms with E-state index in [1.54, 1.807) is 56.3 Å². The minimum Gasteiger partial charge on any atom is -0.507 e. The van der Waals surface area contributed by atoms with Crippen LogP contribution in [0.3, 0.4) is 0 Å². The number of benzene rings is 2. The lowest BCUT2D eigenvalue weighted by molar-refractivity contribution is -0.132. The van der Waals surface area contributed by atoms with Gasteiger partial charge in [-0.1, -0.05) is 23.5 Å². The van der Waals surface area contributed by atoms with Gasteiger partial charge in [0.1, 0.15) is 22.1 Å². The van der Waals surface area contributed by atoms with Gasteiger partial charge in [-0.25, -0.2) is 9.78 Å². The van der Waals surface area contributed by atoms with Crippen LogP contribution in [0.15, 0.2) is 48.0 Å². The molecule has 3 aromatic rings. The number of methoxy groups -OCH3 is 2. The Morgan fingerprint density at radius 1 is 1.11 bits per heavy atom. The standard InChI is InChI=1S/C27H26N2O7S/c1-6-36-26(33)24-15(3)28-27(37-24)29-21(16-8-7-9-18(13-16)34-4)20(23(31)25(29)32)22(30)17-10-11-19(35-5)14(2)12-17/h7-13,21,30H,6H2,1-5H3. The van der Waals surface area contributed by atoms with Crippen LogP contribution in [0.2, 0.25) is 0 Å². The molecule has 0 aliphatic carbocycles. The summed E-state index contributed by atoms with van der Waals surface area (Å²) >= 11 is 0.951. The second-order valence-corrected chi connectivity index (χ2v) is 9.24. The van der Waals surface area contributed by atoms with Crippen LogP contribution in [0, 0.1) is 13.8 Å². The van der Waals surface area contributed by atoms with Crippen LogP contribution < -0.4 is 14.4 Å². The van der Waals surface area contributed by atoms with Gasteiger partial charge in [0.05, 0.1) is 38.1 Å². The molecule has 1 fully saturated rings. The molecule has 9 nitrogen and oxygen atoms in total. The van der Waals surface area contributed by atoms with Crippen molar-refractivity contribution in [2.45, 2.75) is 26.8 Å². The van der Waals surface area contributed by atoms with Crippen molar-refractivity contribution >= 4 is 39.9 Å². The molecular weight excluding hydrogens is 496 g/mol. The second-order valence-electron chi connectivity index (χ2n) is 8.26. The Labute approximate surface area is 217 Å². The average molecular weight is 523 g/mol. The van der Waals surface area contributed by atoms with Crippen LogP contribution >= 0.6 is 11.3 Å². The van der Waals surface area contributed by atoms with Crippen LogP contribution in [0.5, 0.6) is 11.5 Å². The summed E-state index contributed by atoms with van der Waals surface area (Å²) in [5, 5.41) is 11.5. The maximum atomic E-state index is 13.4. The monoisotopic (exact) mass is 522 g/mol. The molecule has 4 rings (SSSR count). The lowest BCUT2D eigenvalue weighted by Gasteiger charge is -2.23. The van der Waals surface area contributed by atoms with Gasteiger partial charge in [0.15, 0.2) is 5.13 Å². The van der Waals surface area contributed by atoms with E-state index in [-0.39, 0.29) is 27.9 Å². The van der Waals surface area contributed by atoms with Crippen LogP contribution in [0.1, 0.15) is 45.0 Å². The molecular formula is C27H26N2O7S. The summed E-state index contributed by atoms with van der Waals surface area (Å²) in [4.78, 5) is 45.1. The van der Waals surface area contributed by atoms with Crippen molar-refractivity contribution < 1.29 is 33.7 Å². The summed E-state index contributed by atoms with van der Waals surface area (Å²) < 4.78 is 15.8. The third-order valence-corrected chi connectivity index (χ3v) is 7.11. The van der Waals surface area contributed by atoms with Gasteiger partial charge < -0.3 is 19.3 Å². The number of hydrogen-bond acceptors (Lipinski definition) is 9. The highest BCUT2D eigenvalue weighted by Gasteiger charge is 2.48. The number of nitrogens with zero attached hydrogens (tertiary/aromatic N) is 2. The molecule has 1 aromatic heterocycles. The Bertz CT molecular complexity index is 1430. The highest BCUT2D eigenvalue weighted by molar-refractivity contribution is 7.17. The van der Waals surface area contributed by atoms with Gasteiger partial charge in [0, 0.05) is 5.56 Å². The van der Waals surface area contributed by atoms with Crippen LogP contribution in [0.4, 0.5) is 5.13 Å². The Morgan fingerprint density at radius 2 is 1.86 bits per heavy atom. The van der Waals surface area contributed by atoms with Crippen LogP contribution in [-0.2, 0) is 14.3 Å². The van der Waals surface area contributed by atoms with Crippen molar-refractivity contribution in [1.82, 2.24) is 4.98 Å². The van der Waals surface area contributed by atoms with Crippen molar-refractivity contribution in [3.05, 3.63) is 75.3 Å². The number of esters is 1. The third kappa shape index (κ3) is 4.67. The normalized spacial score (nSPS) is 16.7. The van der Waals surface area contributed by atoms with E-state index in [4.69, 9.17) is 14.2 Å². The molecule has 1 amide bonds. The van der Waals surface area contributed by atoms with E-state index in [1.807, 2.05) is 6.92 Å². The van der Waals surface area contributed by atoms with Gasteiger partial charge in [-0.15, -0.1) is 0 Å². The second kappa shape index (κ2) is 10.4. The van der Waals surface area contributed by atoms with Crippen molar-refractivity contribution in [3.8, 4) is 11.5 Å². The van der Waals surface area contributed by atoms with Gasteiger partial charge in [-0.2, -0.15) is 0 Å². The number of carbonyl (C=O) groups excluding carboxylic acids is 3. The highest BCUT2D eigenvalue weighted by atomic mass is 32.1. The Morgan fingerprint density at radius 3 is 2.51 bits per heavy atom. The number of aryl methyl sites for hydroxylation is 2. The van der Waals surface area contributed by atoms with Crippen LogP contribution in [0.25, 0.3) is 5.76 Å². The van der Waals surface area contributed by atoms with Gasteiger partial charge in [-0.05, 0) is 62.2 Å². The maximum Gasteiger partial charge on any atom is 0.350 e. The fourth-order valence-electron chi connectivity index (χ4n) is 4.21. The first-order chi connectivity index (χ1) is 17.7. The van der Waals surface area contributed by atoms with Crippen LogP contribution in [-0.4, -0.2) is 48.6 Å². The first kappa shape index (κ1) is 25.9. The number of aliphatic hydroxyl groups excluding tert-OH is 1. The van der Waals surface area contributed by atoms with Gasteiger partial charge >= 0.3 is 11.9 Å². The number of aliphatic hydroxyl groups is 1. The number of rotatable bonds is 7. The first-order valence-corrected chi connectivity index (χ1v) is 12.3. The SMILES string of the molecule is CCOC(=O)c1sc(N2C(=O)C(=O)C(=C(O)c3ccc(OC)c(C)c3)C2c2cccc(OC)c2)nc1C. The lowest BCUT2D eigenvalue weighted by Crippen LogP contribution is -2.29. The summed E-state index contributed by atoms with van der Waals surface area (Å²) in [6, 6.07) is 10.8. The van der Waals surface area contributed by atoms with E-state index in [1.165, 1.54) is 19.1 Å². The number of ketones is 1. The van der Waals surface area contributed by atoms with Crippen molar-refractivity contribution in [2.75, 3.05) is 25.7 Å². The third-order valence-electron chi connectivity index (χ3n) is 5.97. The molecule has 0 radical (unpaired) electrons. The fourth-order valence-corrected chi connectivity index (χ4v) is 5.20. The number of aromatic nitrogens is 1. The molecule has 1 atom stereocenters. The molecule has 0 bridgehead atoms. The number of carbonyl (C=O) groups is 3. The molecule has 10 heteroatoms. The minimum absolute atomic E-state index is 0.103. The number of amides is 1. The zero-order chi connectivity index (χ0) is 26.9. The lowest BCUT2D eigenvalue weighted by atomic mass is 9.94. The minimum atomic E-state index is -1.02. The number of ether oxygens (including phenoxy) is 3. The Kier molecular flexibility index (Phi) is 7.30. The Hall–Kier alpha value is -4.18. The van der Waals surface area contributed by atoms with Gasteiger partial charge in [0.25, 0.3) is 5.78 Å². The van der Waals surface area contributed by atoms with E-state index in [2.05, 4.69) is 4.98 Å². The molecule has 2 heterocycles. The molecule has 0 spiro atoms. The molecule has 1 saturated heterocycles. The zero-order valence-corrected chi connectivity index (χ0v) is 21.8. The largest absolute Gasteiger partial charge is 0.507 e. The van der Waals surface area contributed by atoms with E-state index in [0.717, 1.165) is 16.9 Å². The molecule has 192 valence electrons. The molecule has 1 aliphatic rings. The number of anilines is 1. The molecule has 1 aliphatic heterocycles. The van der Waals surface area contributed by atoms with Gasteiger partial charge in [-0.3, -0.25) is 14.5 Å². The van der Waals surface area contributed by atoms with E-state index in [0.29, 0.717) is 28.3 Å². The molecule has 1 N–H and O–H groups in total. The summed E-state index contributed by atoms with van der Waals surface area (Å²) in [5.74, 6) is -1.52. The average Bonchev–Trinajstić information content (AvgIpc) is 3.40. The molecule has 37 heavy (non-hydrogen) atoms. The molecule has 1 unspecified atom stereocenters. The van der Waals surface area contributed by atoms with E-state index >= 15 is 0 Å². The van der Waals surface area contributed by atoms with Gasteiger partial charge in [0.2, 0.25) is 0 Å². The Balaban J connectivity index is 1.93.